The third-order valence-electron chi connectivity index (χ3n) is 8.92. The molecule has 3 aromatic heterocycles. The number of ether oxygens (including phenoxy) is 2. The van der Waals surface area contributed by atoms with Crippen LogP contribution in [0.25, 0.3) is 11.0 Å². The van der Waals surface area contributed by atoms with Crippen LogP contribution in [0, 0.1) is 19.8 Å². The molecule has 1 amide bonds. The van der Waals surface area contributed by atoms with Gasteiger partial charge in [0, 0.05) is 59.0 Å². The highest BCUT2D eigenvalue weighted by atomic mass is 32.2. The van der Waals surface area contributed by atoms with E-state index in [0.717, 1.165) is 47.6 Å². The number of carbonyl (C=O) groups is 1. The van der Waals surface area contributed by atoms with Crippen LogP contribution in [0.15, 0.2) is 28.0 Å². The number of rotatable bonds is 10. The number of fused-ring (bicyclic) bond motifs is 1. The number of alkyl halides is 2. The van der Waals surface area contributed by atoms with E-state index in [1.54, 1.807) is 13.3 Å². The molecule has 2 N–H and O–H groups in total. The quantitative estimate of drug-likeness (QED) is 0.313. The standard InChI is InChI=1S/C30H39F2N5O4S/c1-16-10-25(42-5)24(28(38)35-16)13-34-29(39)26-18(3)37(27-23(26)11-21(40-4)12-33-27)17(2)19-6-8-20(9-7-19)36-14-22(15-36)41-30(31)32/h10-12,17,19-20,22,30H,6-9,13-15H2,1-5H3,(H,34,39)(H,35,38). The molecule has 2 aliphatic rings. The van der Waals surface area contributed by atoms with Crippen molar-refractivity contribution in [1.29, 1.82) is 0 Å². The fourth-order valence-corrected chi connectivity index (χ4v) is 7.34. The summed E-state index contributed by atoms with van der Waals surface area (Å²) in [5.74, 6) is 0.665. The number of thioether (sulfide) groups is 1. The van der Waals surface area contributed by atoms with E-state index in [-0.39, 0.29) is 30.2 Å². The number of nitrogens with zero attached hydrogens (tertiary/aromatic N) is 3. The maximum absolute atomic E-state index is 13.7. The van der Waals surface area contributed by atoms with E-state index in [1.807, 2.05) is 32.2 Å². The van der Waals surface area contributed by atoms with Crippen LogP contribution in [0.1, 0.15) is 66.0 Å². The second-order valence-corrected chi connectivity index (χ2v) is 12.2. The van der Waals surface area contributed by atoms with Gasteiger partial charge >= 0.3 is 6.61 Å². The van der Waals surface area contributed by atoms with Crippen LogP contribution in [0.5, 0.6) is 5.75 Å². The van der Waals surface area contributed by atoms with Gasteiger partial charge in [-0.2, -0.15) is 8.78 Å². The first-order valence-electron chi connectivity index (χ1n) is 14.4. The number of nitrogens with one attached hydrogen (secondary N) is 2. The van der Waals surface area contributed by atoms with Crippen molar-refractivity contribution in [3.05, 3.63) is 51.2 Å². The molecule has 1 atom stereocenters. The van der Waals surface area contributed by atoms with Crippen LogP contribution in [-0.4, -0.2) is 70.6 Å². The van der Waals surface area contributed by atoms with Crippen LogP contribution in [0.3, 0.4) is 0 Å². The molecule has 228 valence electrons. The maximum Gasteiger partial charge on any atom is 0.345 e. The first kappa shape index (κ1) is 30.5. The zero-order valence-corrected chi connectivity index (χ0v) is 25.5. The maximum atomic E-state index is 13.7. The molecule has 0 aromatic carbocycles. The molecule has 1 saturated carbocycles. The zero-order valence-electron chi connectivity index (χ0n) is 24.7. The number of halogens is 2. The summed E-state index contributed by atoms with van der Waals surface area (Å²) < 4.78 is 37.2. The topological polar surface area (TPSA) is 101 Å². The van der Waals surface area contributed by atoms with Crippen LogP contribution >= 0.6 is 11.8 Å². The van der Waals surface area contributed by atoms with Crippen LogP contribution in [0.4, 0.5) is 8.78 Å². The van der Waals surface area contributed by atoms with Crippen molar-refractivity contribution in [3.8, 4) is 5.75 Å². The van der Waals surface area contributed by atoms with E-state index in [4.69, 9.17) is 9.72 Å². The number of likely N-dealkylation sites (tertiary alicyclic amines) is 1. The molecule has 5 rings (SSSR count). The highest BCUT2D eigenvalue weighted by Gasteiger charge is 2.38. The van der Waals surface area contributed by atoms with Crippen molar-refractivity contribution in [2.75, 3.05) is 26.5 Å². The van der Waals surface area contributed by atoms with E-state index < -0.39 is 6.61 Å². The first-order chi connectivity index (χ1) is 20.1. The van der Waals surface area contributed by atoms with Gasteiger partial charge < -0.3 is 24.3 Å². The van der Waals surface area contributed by atoms with E-state index in [2.05, 4.69) is 31.4 Å². The summed E-state index contributed by atoms with van der Waals surface area (Å²) in [4.78, 5) is 37.0. The van der Waals surface area contributed by atoms with Gasteiger partial charge in [-0.15, -0.1) is 11.8 Å². The molecule has 0 bridgehead atoms. The summed E-state index contributed by atoms with van der Waals surface area (Å²) >= 11 is 1.47. The van der Waals surface area contributed by atoms with Crippen molar-refractivity contribution < 1.29 is 23.0 Å². The molecule has 1 aliphatic carbocycles. The third kappa shape index (κ3) is 6.07. The minimum absolute atomic E-state index is 0.0882. The van der Waals surface area contributed by atoms with Crippen LogP contribution in [-0.2, 0) is 11.3 Å². The van der Waals surface area contributed by atoms with Crippen molar-refractivity contribution in [2.24, 2.45) is 5.92 Å². The Morgan fingerprint density at radius 1 is 1.21 bits per heavy atom. The highest BCUT2D eigenvalue weighted by Crippen LogP contribution is 2.40. The number of H-pyrrole nitrogens is 1. The number of amides is 1. The Labute approximate surface area is 248 Å². The molecule has 0 spiro atoms. The molecule has 9 nitrogen and oxygen atoms in total. The number of hydrogen-bond acceptors (Lipinski definition) is 7. The van der Waals surface area contributed by atoms with Crippen molar-refractivity contribution >= 4 is 28.7 Å². The van der Waals surface area contributed by atoms with E-state index in [9.17, 15) is 18.4 Å². The normalized spacial score (nSPS) is 20.6. The largest absolute Gasteiger partial charge is 0.495 e. The van der Waals surface area contributed by atoms with Crippen molar-refractivity contribution in [3.63, 3.8) is 0 Å². The van der Waals surface area contributed by atoms with Gasteiger partial charge in [-0.25, -0.2) is 4.98 Å². The molecule has 0 radical (unpaired) electrons. The van der Waals surface area contributed by atoms with Crippen molar-refractivity contribution in [2.45, 2.75) is 82.7 Å². The van der Waals surface area contributed by atoms with Gasteiger partial charge in [-0.1, -0.05) is 0 Å². The first-order valence-corrected chi connectivity index (χ1v) is 15.6. The predicted molar refractivity (Wildman–Crippen MR) is 159 cm³/mol. The SMILES string of the molecule is COc1cnc2c(c1)c(C(=O)NCc1c(SC)cc(C)[nH]c1=O)c(C)n2C(C)C1CCC(N2CC(OC(F)F)C2)CC1. The van der Waals surface area contributed by atoms with Crippen LogP contribution in [0.2, 0.25) is 0 Å². The lowest BCUT2D eigenvalue weighted by atomic mass is 9.80. The zero-order chi connectivity index (χ0) is 30.1. The fraction of sp³-hybridized carbons (Fsp3) is 0.567. The van der Waals surface area contributed by atoms with E-state index >= 15 is 0 Å². The average molecular weight is 604 g/mol. The van der Waals surface area contributed by atoms with E-state index in [0.29, 0.717) is 47.3 Å². The predicted octanol–water partition coefficient (Wildman–Crippen LogP) is 5.05. The van der Waals surface area contributed by atoms with E-state index in [1.165, 1.54) is 11.8 Å². The number of aryl methyl sites for hydroxylation is 1. The molecule has 3 aromatic rings. The van der Waals surface area contributed by atoms with Gasteiger partial charge in [0.05, 0.1) is 25.0 Å². The lowest BCUT2D eigenvalue weighted by molar-refractivity contribution is -0.202. The average Bonchev–Trinajstić information content (AvgIpc) is 3.24. The Morgan fingerprint density at radius 3 is 2.57 bits per heavy atom. The highest BCUT2D eigenvalue weighted by molar-refractivity contribution is 7.98. The van der Waals surface area contributed by atoms with Gasteiger partial charge in [0.25, 0.3) is 11.5 Å². The minimum atomic E-state index is -2.72. The Kier molecular flexibility index (Phi) is 9.24. The number of aromatic amines is 1. The molecule has 4 heterocycles. The molecule has 1 aliphatic heterocycles. The lowest BCUT2D eigenvalue weighted by Crippen LogP contribution is -2.57. The Bertz CT molecular complexity index is 1500. The third-order valence-corrected chi connectivity index (χ3v) is 9.72. The Hall–Kier alpha value is -2.96. The minimum Gasteiger partial charge on any atom is -0.495 e. The summed E-state index contributed by atoms with van der Waals surface area (Å²) in [5.41, 5.74) is 3.15. The van der Waals surface area contributed by atoms with Gasteiger partial charge in [0.1, 0.15) is 11.4 Å². The molecular formula is C30H39F2N5O4S. The van der Waals surface area contributed by atoms with Gasteiger partial charge in [0.15, 0.2) is 0 Å². The monoisotopic (exact) mass is 603 g/mol. The van der Waals surface area contributed by atoms with Gasteiger partial charge in [-0.3, -0.25) is 14.5 Å². The van der Waals surface area contributed by atoms with Gasteiger partial charge in [-0.05, 0) is 70.8 Å². The molecule has 42 heavy (non-hydrogen) atoms. The molecule has 12 heteroatoms. The van der Waals surface area contributed by atoms with Gasteiger partial charge in [0.2, 0.25) is 0 Å². The summed E-state index contributed by atoms with van der Waals surface area (Å²) in [6, 6.07) is 4.23. The molecule has 1 unspecified atom stereocenters. The Balaban J connectivity index is 1.35. The van der Waals surface area contributed by atoms with Crippen LogP contribution < -0.4 is 15.6 Å². The lowest BCUT2D eigenvalue weighted by Gasteiger charge is -2.46. The summed E-state index contributed by atoms with van der Waals surface area (Å²) in [6.45, 7) is 4.47. The molecular weight excluding hydrogens is 564 g/mol. The number of hydrogen-bond donors (Lipinski definition) is 2. The number of aromatic nitrogens is 3. The second-order valence-electron chi connectivity index (χ2n) is 11.4. The summed E-state index contributed by atoms with van der Waals surface area (Å²) in [5, 5.41) is 3.69. The molecule has 1 saturated heterocycles. The van der Waals surface area contributed by atoms with Crippen molar-refractivity contribution in [1.82, 2.24) is 24.8 Å². The fourth-order valence-electron chi connectivity index (χ4n) is 6.64. The summed E-state index contributed by atoms with van der Waals surface area (Å²) in [7, 11) is 1.57. The number of methoxy groups -OCH3 is 1. The molecule has 2 fully saturated rings. The summed E-state index contributed by atoms with van der Waals surface area (Å²) in [6.07, 6.45) is 7.17. The smallest absolute Gasteiger partial charge is 0.345 e. The number of carbonyl (C=O) groups excluding carboxylic acids is 1. The second kappa shape index (κ2) is 12.7. The Morgan fingerprint density at radius 2 is 1.93 bits per heavy atom. The number of pyridine rings is 2.